The van der Waals surface area contributed by atoms with Gasteiger partial charge in [0, 0.05) is 45.9 Å². The number of pyridine rings is 1. The molecule has 4 bridgehead atoms. The minimum atomic E-state index is -0.601. The number of aromatic amines is 1. The zero-order valence-corrected chi connectivity index (χ0v) is 23.1. The lowest BCUT2D eigenvalue weighted by atomic mass is 9.98. The topological polar surface area (TPSA) is 112 Å². The molecule has 1 N–H and O–H groups in total. The van der Waals surface area contributed by atoms with Crippen molar-refractivity contribution in [3.8, 4) is 22.4 Å². The highest BCUT2D eigenvalue weighted by molar-refractivity contribution is 6.14. The van der Waals surface area contributed by atoms with E-state index in [0.29, 0.717) is 55.0 Å². The van der Waals surface area contributed by atoms with Gasteiger partial charge in [-0.3, -0.25) is 13.8 Å². The molecular weight excluding hydrogens is 529 g/mol. The number of carbonyl (C=O) groups is 1. The molecule has 0 unspecified atom stereocenters. The smallest absolute Gasteiger partial charge is 0.409 e. The molecule has 1 saturated carbocycles. The molecule has 1 fully saturated rings. The third-order valence-electron chi connectivity index (χ3n) is 8.50. The average Bonchev–Trinajstić information content (AvgIpc) is 3.72. The lowest BCUT2D eigenvalue weighted by Gasteiger charge is -2.28. The van der Waals surface area contributed by atoms with Gasteiger partial charge in [0.25, 0.3) is 0 Å². The normalized spacial score (nSPS) is 19.2. The van der Waals surface area contributed by atoms with Crippen LogP contribution in [0.3, 0.4) is 0 Å². The summed E-state index contributed by atoms with van der Waals surface area (Å²) in [5, 5.41) is 4.67. The minimum Gasteiger partial charge on any atom is -0.453 e. The number of methoxy groups -OCH3 is 1. The van der Waals surface area contributed by atoms with Crippen LogP contribution in [0.4, 0.5) is 9.18 Å². The van der Waals surface area contributed by atoms with E-state index < -0.39 is 12.0 Å². The highest BCUT2D eigenvalue weighted by Crippen LogP contribution is 2.43. The van der Waals surface area contributed by atoms with Gasteiger partial charge in [0.15, 0.2) is 0 Å². The summed E-state index contributed by atoms with van der Waals surface area (Å²) in [5.74, 6) is -0.601. The second kappa shape index (κ2) is 9.58. The van der Waals surface area contributed by atoms with Crippen molar-refractivity contribution in [3.63, 3.8) is 0 Å². The number of amides is 1. The quantitative estimate of drug-likeness (QED) is 0.326. The highest BCUT2D eigenvalue weighted by atomic mass is 19.1. The number of nitrogens with zero attached hydrogens (tertiary/aromatic N) is 6. The van der Waals surface area contributed by atoms with E-state index in [1.807, 2.05) is 28.8 Å². The molecule has 11 nitrogen and oxygen atoms in total. The third-order valence-corrected chi connectivity index (χ3v) is 8.50. The molecule has 2 atom stereocenters. The maximum absolute atomic E-state index is 15.1. The molecule has 1 amide bonds. The molecule has 1 aromatic carbocycles. The van der Waals surface area contributed by atoms with Crippen LogP contribution in [-0.4, -0.2) is 66.2 Å². The summed E-state index contributed by atoms with van der Waals surface area (Å²) in [6.45, 7) is 1.12. The highest BCUT2D eigenvalue weighted by Gasteiger charge is 2.36. The van der Waals surface area contributed by atoms with Crippen molar-refractivity contribution < 1.29 is 20.1 Å². The number of benzene rings is 1. The zero-order valence-electron chi connectivity index (χ0n) is 23.1. The number of imidazole rings is 1. The number of nitrogens with one attached hydrogen (secondary N) is 1. The van der Waals surface area contributed by atoms with Crippen molar-refractivity contribution in [1.82, 2.24) is 33.8 Å². The van der Waals surface area contributed by atoms with E-state index in [1.165, 1.54) is 11.8 Å². The SMILES string of the molecule is COC(=O)N1CCOCc2ccc(cc2)-c2c(-c3cn(C)nc3F)[nH]c3ncc4c(c23)n(c(=O)n4C)[C@@H]2CC[C@@H]1C2.[HH]. The number of fused-ring (bicyclic) bond motifs is 6. The lowest BCUT2D eigenvalue weighted by Crippen LogP contribution is -2.41. The van der Waals surface area contributed by atoms with Crippen LogP contribution in [-0.2, 0) is 30.2 Å². The Balaban J connectivity index is 0.00000316. The number of rotatable bonds is 1. The van der Waals surface area contributed by atoms with Crippen molar-refractivity contribution in [3.05, 3.63) is 58.7 Å². The number of hydrogen-bond acceptors (Lipinski definition) is 6. The first-order valence-corrected chi connectivity index (χ1v) is 13.7. The standard InChI is InChI=1S/C29H30FN7O4.H2/c1-34-14-20(26(30)33-34)24-22-17-6-4-16(5-7-17)15-41-11-10-36(29(39)40-3)18-8-9-19(12-18)37-25-21(35(2)28(37)38)13-31-27(32-24)23(22)25;/h4-7,13-14,18-19H,8-12,15H2,1-3H3,(H,31,32);1H/t18-,19-;/m1./s1. The van der Waals surface area contributed by atoms with Gasteiger partial charge < -0.3 is 19.4 Å². The van der Waals surface area contributed by atoms with Gasteiger partial charge >= 0.3 is 11.8 Å². The molecule has 3 aliphatic rings. The first-order valence-electron chi connectivity index (χ1n) is 13.7. The zero-order chi connectivity index (χ0) is 28.4. The number of aryl methyl sites for hydroxylation is 2. The van der Waals surface area contributed by atoms with Gasteiger partial charge in [0.1, 0.15) is 5.65 Å². The van der Waals surface area contributed by atoms with Gasteiger partial charge in [-0.15, -0.1) is 5.10 Å². The van der Waals surface area contributed by atoms with Crippen LogP contribution < -0.4 is 5.69 Å². The minimum absolute atomic E-state index is 0. The summed E-state index contributed by atoms with van der Waals surface area (Å²) in [7, 11) is 4.79. The fourth-order valence-corrected chi connectivity index (χ4v) is 6.55. The summed E-state index contributed by atoms with van der Waals surface area (Å²) in [4.78, 5) is 36.3. The number of aromatic nitrogens is 6. The molecule has 8 rings (SSSR count). The average molecular weight is 562 g/mol. The molecular formula is C29H32FN7O4. The van der Waals surface area contributed by atoms with Crippen molar-refractivity contribution in [1.29, 1.82) is 0 Å². The first-order chi connectivity index (χ1) is 19.9. The second-order valence-electron chi connectivity index (χ2n) is 10.8. The number of ether oxygens (including phenoxy) is 2. The molecule has 214 valence electrons. The second-order valence-corrected chi connectivity index (χ2v) is 10.8. The van der Waals surface area contributed by atoms with E-state index in [0.717, 1.165) is 34.0 Å². The van der Waals surface area contributed by atoms with Gasteiger partial charge in [-0.05, 0) is 30.4 Å². The monoisotopic (exact) mass is 561 g/mol. The van der Waals surface area contributed by atoms with E-state index in [2.05, 4.69) is 15.1 Å². The summed E-state index contributed by atoms with van der Waals surface area (Å²) in [6.07, 6.45) is 4.94. The summed E-state index contributed by atoms with van der Waals surface area (Å²) >= 11 is 0. The predicted molar refractivity (Wildman–Crippen MR) is 152 cm³/mol. The van der Waals surface area contributed by atoms with Crippen molar-refractivity contribution >= 4 is 28.2 Å². The number of H-pyrrole nitrogens is 1. The lowest BCUT2D eigenvalue weighted by molar-refractivity contribution is 0.0642. The van der Waals surface area contributed by atoms with E-state index in [-0.39, 0.29) is 19.2 Å². The van der Waals surface area contributed by atoms with E-state index in [9.17, 15) is 9.59 Å². The van der Waals surface area contributed by atoms with Crippen molar-refractivity contribution in [2.75, 3.05) is 20.3 Å². The Bertz CT molecular complexity index is 1870. The number of halogens is 1. The van der Waals surface area contributed by atoms with Gasteiger partial charge in [-0.2, -0.15) is 4.39 Å². The van der Waals surface area contributed by atoms with Gasteiger partial charge in [-0.25, -0.2) is 14.6 Å². The van der Waals surface area contributed by atoms with Crippen LogP contribution in [0.15, 0.2) is 41.5 Å². The third kappa shape index (κ3) is 3.96. The Morgan fingerprint density at radius 2 is 1.98 bits per heavy atom. The molecule has 41 heavy (non-hydrogen) atoms. The van der Waals surface area contributed by atoms with Crippen LogP contribution in [0.5, 0.6) is 0 Å². The largest absolute Gasteiger partial charge is 0.453 e. The molecule has 1 aliphatic carbocycles. The molecule has 0 radical (unpaired) electrons. The molecule has 2 aliphatic heterocycles. The molecule has 0 spiro atoms. The Morgan fingerprint density at radius 1 is 1.20 bits per heavy atom. The Hall–Kier alpha value is -4.45. The van der Waals surface area contributed by atoms with Crippen LogP contribution in [0.2, 0.25) is 0 Å². The fraction of sp³-hybridized carbons (Fsp3) is 0.379. The Kier molecular flexibility index (Phi) is 5.96. The molecule has 12 heteroatoms. The molecule has 5 aromatic rings. The number of hydrogen-bond donors (Lipinski definition) is 1. The number of carbonyl (C=O) groups excluding carboxylic acids is 1. The summed E-state index contributed by atoms with van der Waals surface area (Å²) < 4.78 is 31.1. The Morgan fingerprint density at radius 3 is 2.71 bits per heavy atom. The maximum Gasteiger partial charge on any atom is 0.409 e. The van der Waals surface area contributed by atoms with E-state index >= 15 is 4.39 Å². The first kappa shape index (κ1) is 25.5. The maximum atomic E-state index is 15.1. The molecule has 0 saturated heterocycles. The van der Waals surface area contributed by atoms with Gasteiger partial charge in [0.2, 0.25) is 5.95 Å². The Labute approximate surface area is 235 Å². The van der Waals surface area contributed by atoms with Crippen LogP contribution in [0, 0.1) is 5.95 Å². The van der Waals surface area contributed by atoms with E-state index in [4.69, 9.17) is 9.47 Å². The van der Waals surface area contributed by atoms with Crippen LogP contribution in [0.25, 0.3) is 44.5 Å². The molecule has 4 aromatic heterocycles. The van der Waals surface area contributed by atoms with Crippen LogP contribution >= 0.6 is 0 Å². The van der Waals surface area contributed by atoms with Crippen LogP contribution in [0.1, 0.15) is 32.3 Å². The van der Waals surface area contributed by atoms with Crippen molar-refractivity contribution in [2.24, 2.45) is 14.1 Å². The van der Waals surface area contributed by atoms with E-state index in [1.54, 1.807) is 36.0 Å². The summed E-state index contributed by atoms with van der Waals surface area (Å²) in [6, 6.07) is 7.62. The molecule has 6 heterocycles. The fourth-order valence-electron chi connectivity index (χ4n) is 6.55. The van der Waals surface area contributed by atoms with Crippen molar-refractivity contribution in [2.45, 2.75) is 38.0 Å². The van der Waals surface area contributed by atoms with Gasteiger partial charge in [-0.1, -0.05) is 24.3 Å². The summed E-state index contributed by atoms with van der Waals surface area (Å²) in [5.41, 5.74) is 5.21. The van der Waals surface area contributed by atoms with Gasteiger partial charge in [0.05, 0.1) is 54.2 Å². The predicted octanol–water partition coefficient (Wildman–Crippen LogP) is 4.36.